The van der Waals surface area contributed by atoms with E-state index in [0.717, 1.165) is 6.92 Å². The lowest BCUT2D eigenvalue weighted by Crippen LogP contribution is -2.87. The van der Waals surface area contributed by atoms with E-state index in [0.29, 0.717) is 20.8 Å². The minimum Gasteiger partial charge on any atom is -0.444 e. The van der Waals surface area contributed by atoms with Crippen LogP contribution in [0.3, 0.4) is 0 Å². The lowest BCUT2D eigenvalue weighted by molar-refractivity contribution is -0.360. The predicted octanol–water partition coefficient (Wildman–Crippen LogP) is -1.01. The van der Waals surface area contributed by atoms with Gasteiger partial charge in [0.25, 0.3) is 3.79 Å². The number of aliphatic hydroxyl groups is 4. The van der Waals surface area contributed by atoms with Gasteiger partial charge in [0.1, 0.15) is 12.2 Å². The molecule has 1 rings (SSSR count). The number of ether oxygens (including phenoxy) is 2. The molecule has 1 saturated heterocycles. The second kappa shape index (κ2) is 8.40. The average Bonchev–Trinajstić information content (AvgIpc) is 2.59. The van der Waals surface area contributed by atoms with Gasteiger partial charge >= 0.3 is 0 Å². The van der Waals surface area contributed by atoms with E-state index in [1.807, 2.05) is 0 Å². The lowest BCUT2D eigenvalue weighted by Gasteiger charge is -2.57. The van der Waals surface area contributed by atoms with Crippen molar-refractivity contribution >= 4 is 63.8 Å². The van der Waals surface area contributed by atoms with Gasteiger partial charge < -0.3 is 29.9 Å². The van der Waals surface area contributed by atoms with Gasteiger partial charge in [-0.3, -0.25) is 24.6 Å². The fourth-order valence-electron chi connectivity index (χ4n) is 3.21. The Hall–Kier alpha value is -1.18. The number of rotatable bonds is 6. The van der Waals surface area contributed by atoms with Gasteiger partial charge in [0, 0.05) is 0 Å². The van der Waals surface area contributed by atoms with Crippen molar-refractivity contribution in [3.05, 3.63) is 0 Å². The summed E-state index contributed by atoms with van der Waals surface area (Å²) in [5.74, 6) is -6.78. The number of alkyl halides is 3. The van der Waals surface area contributed by atoms with Crippen LogP contribution in [0, 0.1) is 5.41 Å². The highest BCUT2D eigenvalue weighted by Crippen LogP contribution is 2.48. The van der Waals surface area contributed by atoms with Crippen LogP contribution in [0.25, 0.3) is 0 Å². The molecule has 14 heteroatoms. The van der Waals surface area contributed by atoms with Crippen LogP contribution in [0.4, 0.5) is 0 Å². The molecular weight excluding hydrogens is 473 g/mol. The molecule has 1 unspecified atom stereocenters. The molecule has 0 aliphatic carbocycles. The van der Waals surface area contributed by atoms with E-state index in [2.05, 4.69) is 0 Å². The molecule has 0 aromatic carbocycles. The first kappa shape index (κ1) is 26.9. The molecule has 0 bridgehead atoms. The fraction of sp³-hybridized carbons (Fsp3) is 0.688. The standard InChI is InChI=1S/C16H20Cl3NO10/c1-5(21)9(25)10-13(26,6(2)22)15(28,8(4)24)14(27,7(3)23)12(29-10)30-11(20)16(17,18)19/h9-10,12,20,25-28H,1-4H3/t9?,10-,12-,13-,14-,15+/m1/s1. The molecule has 0 amide bonds. The minimum atomic E-state index is -3.71. The summed E-state index contributed by atoms with van der Waals surface area (Å²) in [6.07, 6.45) is -7.37. The van der Waals surface area contributed by atoms with Gasteiger partial charge in [0.05, 0.1) is 0 Å². The molecule has 30 heavy (non-hydrogen) atoms. The zero-order valence-electron chi connectivity index (χ0n) is 16.1. The largest absolute Gasteiger partial charge is 0.444 e. The fourth-order valence-corrected chi connectivity index (χ4v) is 3.35. The Labute approximate surface area is 185 Å². The second-order valence-electron chi connectivity index (χ2n) is 6.80. The van der Waals surface area contributed by atoms with Gasteiger partial charge in [-0.05, 0) is 27.7 Å². The van der Waals surface area contributed by atoms with Gasteiger partial charge in [-0.25, -0.2) is 0 Å². The number of hydrogen-bond acceptors (Lipinski definition) is 11. The Kier molecular flexibility index (Phi) is 7.52. The molecule has 1 heterocycles. The Bertz CT molecular complexity index is 799. The summed E-state index contributed by atoms with van der Waals surface area (Å²) in [6, 6.07) is 0. The van der Waals surface area contributed by atoms with E-state index < -0.39 is 68.1 Å². The summed E-state index contributed by atoms with van der Waals surface area (Å²) in [7, 11) is 0. The van der Waals surface area contributed by atoms with Crippen LogP contribution in [0.2, 0.25) is 0 Å². The van der Waals surface area contributed by atoms with Crippen LogP contribution < -0.4 is 0 Å². The molecule has 0 spiro atoms. The van der Waals surface area contributed by atoms with Gasteiger partial charge in [0.15, 0.2) is 28.7 Å². The van der Waals surface area contributed by atoms with Crippen molar-refractivity contribution < 1.29 is 49.1 Å². The molecular formula is C16H20Cl3NO10. The van der Waals surface area contributed by atoms with Gasteiger partial charge in [-0.15, -0.1) is 0 Å². The minimum absolute atomic E-state index is 0.613. The smallest absolute Gasteiger partial charge is 0.265 e. The molecule has 170 valence electrons. The molecule has 11 nitrogen and oxygen atoms in total. The third-order valence-electron chi connectivity index (χ3n) is 4.89. The van der Waals surface area contributed by atoms with Gasteiger partial charge in [0.2, 0.25) is 23.4 Å². The maximum Gasteiger partial charge on any atom is 0.265 e. The van der Waals surface area contributed by atoms with Crippen LogP contribution in [0.5, 0.6) is 0 Å². The highest BCUT2D eigenvalue weighted by atomic mass is 35.6. The molecule has 1 aliphatic rings. The van der Waals surface area contributed by atoms with E-state index in [1.165, 1.54) is 0 Å². The van der Waals surface area contributed by atoms with Crippen molar-refractivity contribution in [3.8, 4) is 0 Å². The highest BCUT2D eigenvalue weighted by molar-refractivity contribution is 6.76. The van der Waals surface area contributed by atoms with E-state index in [1.54, 1.807) is 0 Å². The number of Topliss-reactive ketones (excluding diaryl/α,β-unsaturated/α-hetero) is 4. The molecule has 1 aliphatic heterocycles. The van der Waals surface area contributed by atoms with Crippen molar-refractivity contribution in [2.75, 3.05) is 0 Å². The summed E-state index contributed by atoms with van der Waals surface area (Å²) < 4.78 is 7.39. The Morgan fingerprint density at radius 2 is 1.40 bits per heavy atom. The first-order chi connectivity index (χ1) is 13.3. The topological polar surface area (TPSA) is 192 Å². The summed E-state index contributed by atoms with van der Waals surface area (Å²) in [4.78, 5) is 48.9. The van der Waals surface area contributed by atoms with E-state index in [-0.39, 0.29) is 0 Å². The normalized spacial score (nSPS) is 35.3. The van der Waals surface area contributed by atoms with Gasteiger partial charge in [-0.1, -0.05) is 34.8 Å². The van der Waals surface area contributed by atoms with E-state index in [9.17, 15) is 39.6 Å². The summed E-state index contributed by atoms with van der Waals surface area (Å²) in [6.45, 7) is 2.74. The van der Waals surface area contributed by atoms with Crippen LogP contribution in [0.15, 0.2) is 0 Å². The Morgan fingerprint density at radius 3 is 1.70 bits per heavy atom. The first-order valence-electron chi connectivity index (χ1n) is 8.17. The predicted molar refractivity (Wildman–Crippen MR) is 101 cm³/mol. The number of ketones is 4. The Balaban J connectivity index is 3.94. The third-order valence-corrected chi connectivity index (χ3v) is 5.41. The van der Waals surface area contributed by atoms with Crippen LogP contribution in [-0.4, -0.2) is 88.6 Å². The van der Waals surface area contributed by atoms with Crippen LogP contribution >= 0.6 is 34.8 Å². The van der Waals surface area contributed by atoms with Crippen LogP contribution in [-0.2, 0) is 28.7 Å². The number of carbonyl (C=O) groups excluding carboxylic acids is 4. The molecule has 0 aromatic rings. The molecule has 1 fully saturated rings. The number of carbonyl (C=O) groups is 4. The van der Waals surface area contributed by atoms with Crippen molar-refractivity contribution in [1.82, 2.24) is 0 Å². The summed E-state index contributed by atoms with van der Waals surface area (Å²) in [5, 5.41) is 51.1. The average molecular weight is 493 g/mol. The highest BCUT2D eigenvalue weighted by Gasteiger charge is 2.80. The second-order valence-corrected chi connectivity index (χ2v) is 9.08. The number of aliphatic hydroxyl groups excluding tert-OH is 1. The van der Waals surface area contributed by atoms with E-state index >= 15 is 0 Å². The summed E-state index contributed by atoms with van der Waals surface area (Å²) >= 11 is 16.5. The molecule has 0 aromatic heterocycles. The third kappa shape index (κ3) is 3.78. The van der Waals surface area contributed by atoms with Gasteiger partial charge in [-0.2, -0.15) is 0 Å². The zero-order valence-corrected chi connectivity index (χ0v) is 18.4. The molecule has 6 atom stereocenters. The monoisotopic (exact) mass is 491 g/mol. The lowest BCUT2D eigenvalue weighted by atomic mass is 9.60. The Morgan fingerprint density at radius 1 is 0.967 bits per heavy atom. The van der Waals surface area contributed by atoms with Crippen molar-refractivity contribution in [2.24, 2.45) is 0 Å². The number of halogens is 3. The summed E-state index contributed by atoms with van der Waals surface area (Å²) in [5.41, 5.74) is -10.8. The van der Waals surface area contributed by atoms with Crippen molar-refractivity contribution in [2.45, 2.75) is 66.8 Å². The SMILES string of the molecule is CC(=O)C(O)[C@H]1O[C@H](OC(=N)C(Cl)(Cl)Cl)[C@](O)(C(C)=O)[C@](O)(C(C)=O)[C@@]1(O)C(C)=O. The van der Waals surface area contributed by atoms with Crippen LogP contribution in [0.1, 0.15) is 27.7 Å². The van der Waals surface area contributed by atoms with Crippen molar-refractivity contribution in [3.63, 3.8) is 0 Å². The quantitative estimate of drug-likeness (QED) is 0.174. The maximum absolute atomic E-state index is 12.4. The molecule has 5 N–H and O–H groups in total. The van der Waals surface area contributed by atoms with E-state index in [4.69, 9.17) is 49.7 Å². The van der Waals surface area contributed by atoms with Crippen molar-refractivity contribution in [1.29, 1.82) is 5.41 Å². The molecule has 0 saturated carbocycles. The number of nitrogens with one attached hydrogen (secondary N) is 1. The first-order valence-corrected chi connectivity index (χ1v) is 9.31. The maximum atomic E-state index is 12.4. The number of hydrogen-bond donors (Lipinski definition) is 5. The molecule has 0 radical (unpaired) electrons. The zero-order chi connectivity index (χ0) is 24.0.